The molecule has 0 aromatic carbocycles. The summed E-state index contributed by atoms with van der Waals surface area (Å²) < 4.78 is 35.3. The Labute approximate surface area is 292 Å². The molecule has 7 rings (SSSR count). The third-order valence-electron chi connectivity index (χ3n) is 14.2. The van der Waals surface area contributed by atoms with E-state index in [1.165, 1.54) is 13.2 Å². The zero-order valence-electron chi connectivity index (χ0n) is 29.3. The molecule has 3 heterocycles. The van der Waals surface area contributed by atoms with Crippen molar-refractivity contribution in [2.75, 3.05) is 20.3 Å². The molecule has 0 radical (unpaired) electrons. The van der Waals surface area contributed by atoms with Gasteiger partial charge in [0.15, 0.2) is 18.4 Å². The third-order valence-corrected chi connectivity index (χ3v) is 14.2. The number of hydrogen-bond acceptors (Lipinski definition) is 14. The summed E-state index contributed by atoms with van der Waals surface area (Å²) in [7, 11) is 1.53. The van der Waals surface area contributed by atoms with Gasteiger partial charge in [-0.15, -0.1) is 0 Å². The lowest BCUT2D eigenvalue weighted by Crippen LogP contribution is -2.70. The number of methoxy groups -OCH3 is 1. The van der Waals surface area contributed by atoms with Crippen LogP contribution in [0.1, 0.15) is 72.1 Å². The van der Waals surface area contributed by atoms with Crippen molar-refractivity contribution in [3.8, 4) is 0 Å². The maximum atomic E-state index is 14.3. The number of ketones is 1. The molecule has 18 atom stereocenters. The standard InChI is InChI=1S/C36H54O14/c1-16-31(50-33-30(42)29(41)27(39)23(14-37)49-33)22(45-4)13-25(47-16)48-19-7-9-34(2)18(12-19)5-6-21-26(34)28(40)32(43)35(3)20(8-10-36(21,35)44)17-11-24(38)46-15-17/h11,16,18-23,25-27,29-33,37,39,41-44H,5-10,12-15H2,1-4H3/t16-,18+,19-,20+,21+,22-,23+,25-,26+,27+,29-,30+,31+,32+,33-,34-,35-,36-/m0/s1. The smallest absolute Gasteiger partial charge is 0.331 e. The van der Waals surface area contributed by atoms with E-state index in [1.807, 2.05) is 6.92 Å². The van der Waals surface area contributed by atoms with E-state index in [-0.39, 0.29) is 36.2 Å². The van der Waals surface area contributed by atoms with Crippen LogP contribution >= 0.6 is 0 Å². The number of fused-ring (bicyclic) bond motifs is 5. The van der Waals surface area contributed by atoms with Gasteiger partial charge < -0.3 is 59.1 Å². The Morgan fingerprint density at radius 2 is 1.70 bits per heavy atom. The van der Waals surface area contributed by atoms with Gasteiger partial charge in [0, 0.05) is 30.9 Å². The van der Waals surface area contributed by atoms with Gasteiger partial charge in [-0.3, -0.25) is 4.79 Å². The van der Waals surface area contributed by atoms with Gasteiger partial charge in [0.05, 0.1) is 30.5 Å². The van der Waals surface area contributed by atoms with Crippen LogP contribution in [0.4, 0.5) is 0 Å². The minimum absolute atomic E-state index is 0.131. The van der Waals surface area contributed by atoms with Crippen molar-refractivity contribution in [3.63, 3.8) is 0 Å². The van der Waals surface area contributed by atoms with Crippen LogP contribution < -0.4 is 0 Å². The topological polar surface area (TPSA) is 211 Å². The maximum Gasteiger partial charge on any atom is 0.331 e. The molecule has 4 saturated carbocycles. The molecular weight excluding hydrogens is 656 g/mol. The van der Waals surface area contributed by atoms with Crippen LogP contribution in [-0.2, 0) is 38.0 Å². The van der Waals surface area contributed by atoms with E-state index in [2.05, 4.69) is 6.92 Å². The molecular formula is C36H54O14. The molecule has 0 amide bonds. The molecule has 7 aliphatic rings. The molecule has 14 nitrogen and oxygen atoms in total. The van der Waals surface area contributed by atoms with Gasteiger partial charge in [-0.2, -0.15) is 0 Å². The minimum atomic E-state index is -1.57. The zero-order chi connectivity index (χ0) is 35.9. The van der Waals surface area contributed by atoms with Crippen LogP contribution in [0.3, 0.4) is 0 Å². The van der Waals surface area contributed by atoms with E-state index in [9.17, 15) is 40.2 Å². The molecule has 0 aromatic rings. The largest absolute Gasteiger partial charge is 0.458 e. The summed E-state index contributed by atoms with van der Waals surface area (Å²) in [6, 6.07) is 0. The van der Waals surface area contributed by atoms with Crippen LogP contribution in [0, 0.1) is 34.5 Å². The van der Waals surface area contributed by atoms with Crippen molar-refractivity contribution >= 4 is 11.8 Å². The van der Waals surface area contributed by atoms with Crippen molar-refractivity contribution in [3.05, 3.63) is 11.6 Å². The summed E-state index contributed by atoms with van der Waals surface area (Å²) in [5, 5.41) is 64.7. The predicted molar refractivity (Wildman–Crippen MR) is 171 cm³/mol. The van der Waals surface area contributed by atoms with E-state index < -0.39 is 96.3 Å². The molecule has 0 bridgehead atoms. The van der Waals surface area contributed by atoms with E-state index >= 15 is 0 Å². The second kappa shape index (κ2) is 13.4. The fourth-order valence-electron chi connectivity index (χ4n) is 11.3. The van der Waals surface area contributed by atoms with Crippen LogP contribution in [0.2, 0.25) is 0 Å². The second-order valence-corrected chi connectivity index (χ2v) is 16.4. The number of carbonyl (C=O) groups is 2. The SMILES string of the molecule is CO[C@H]1C[C@H](O[C@H]2CC[C@@]3(C)[C@H](CC[C@@H]4[C@@H]3C(=O)[C@@H](O)[C@]3(C)[C@@H](C5=CC(=O)OC5)CC[C@]43O)C2)O[C@@H](C)[C@H]1O[C@@H]1O[C@H](CO)[C@@H](O)[C@H](O)[C@H]1O. The first-order chi connectivity index (χ1) is 23.7. The summed E-state index contributed by atoms with van der Waals surface area (Å²) in [6.07, 6.45) is -4.63. The molecule has 50 heavy (non-hydrogen) atoms. The highest BCUT2D eigenvalue weighted by atomic mass is 16.7. The molecule has 6 fully saturated rings. The summed E-state index contributed by atoms with van der Waals surface area (Å²) in [6.45, 7) is 5.31. The number of aliphatic hydroxyl groups is 6. The first-order valence-corrected chi connectivity index (χ1v) is 18.3. The summed E-state index contributed by atoms with van der Waals surface area (Å²) in [4.78, 5) is 26.2. The Hall–Kier alpha value is -1.56. The molecule has 0 unspecified atom stereocenters. The van der Waals surface area contributed by atoms with Crippen molar-refractivity contribution in [2.24, 2.45) is 34.5 Å². The Bertz CT molecular complexity index is 1340. The number of carbonyl (C=O) groups excluding carboxylic acids is 2. The number of rotatable bonds is 7. The van der Waals surface area contributed by atoms with Crippen LogP contribution in [0.5, 0.6) is 0 Å². The van der Waals surface area contributed by atoms with E-state index in [4.69, 9.17) is 28.4 Å². The lowest BCUT2D eigenvalue weighted by molar-refractivity contribution is -0.345. The quantitative estimate of drug-likeness (QED) is 0.153. The summed E-state index contributed by atoms with van der Waals surface area (Å²) in [5.41, 5.74) is -2.04. The van der Waals surface area contributed by atoms with Crippen molar-refractivity contribution in [1.29, 1.82) is 0 Å². The van der Waals surface area contributed by atoms with Gasteiger partial charge in [0.25, 0.3) is 0 Å². The fraction of sp³-hybridized carbons (Fsp3) is 0.889. The maximum absolute atomic E-state index is 14.3. The minimum Gasteiger partial charge on any atom is -0.458 e. The van der Waals surface area contributed by atoms with Gasteiger partial charge in [0.2, 0.25) is 0 Å². The molecule has 14 heteroatoms. The van der Waals surface area contributed by atoms with E-state index in [0.29, 0.717) is 44.9 Å². The average Bonchev–Trinajstić information content (AvgIpc) is 3.64. The highest BCUT2D eigenvalue weighted by Crippen LogP contribution is 2.69. The first-order valence-electron chi connectivity index (χ1n) is 18.3. The number of aliphatic hydroxyl groups excluding tert-OH is 5. The van der Waals surface area contributed by atoms with Gasteiger partial charge in [-0.25, -0.2) is 4.79 Å². The van der Waals surface area contributed by atoms with Crippen molar-refractivity contribution < 1.29 is 68.6 Å². The van der Waals surface area contributed by atoms with E-state index in [1.54, 1.807) is 6.92 Å². The van der Waals surface area contributed by atoms with Crippen molar-refractivity contribution in [1.82, 2.24) is 0 Å². The first kappa shape index (κ1) is 36.8. The Kier molecular flexibility index (Phi) is 9.84. The highest BCUT2D eigenvalue weighted by molar-refractivity contribution is 5.90. The summed E-state index contributed by atoms with van der Waals surface area (Å²) in [5.74, 6) is -1.60. The Morgan fingerprint density at radius 3 is 2.38 bits per heavy atom. The molecule has 0 aromatic heterocycles. The van der Waals surface area contributed by atoms with Gasteiger partial charge in [-0.05, 0) is 80.6 Å². The summed E-state index contributed by atoms with van der Waals surface area (Å²) >= 11 is 0. The molecule has 282 valence electrons. The Morgan fingerprint density at radius 1 is 0.940 bits per heavy atom. The number of cyclic esters (lactones) is 1. The molecule has 4 aliphatic carbocycles. The van der Waals surface area contributed by atoms with Crippen molar-refractivity contribution in [2.45, 2.75) is 145 Å². The second-order valence-electron chi connectivity index (χ2n) is 16.4. The average molecular weight is 711 g/mol. The van der Waals surface area contributed by atoms with Gasteiger partial charge in [0.1, 0.15) is 43.2 Å². The normalized spacial score (nSPS) is 53.6. The monoisotopic (exact) mass is 710 g/mol. The number of ether oxygens (including phenoxy) is 6. The molecule has 6 N–H and O–H groups in total. The number of esters is 1. The lowest BCUT2D eigenvalue weighted by atomic mass is 9.42. The third kappa shape index (κ3) is 5.55. The van der Waals surface area contributed by atoms with E-state index in [0.717, 1.165) is 12.0 Å². The lowest BCUT2D eigenvalue weighted by Gasteiger charge is -2.64. The predicted octanol–water partition coefficient (Wildman–Crippen LogP) is 0.113. The van der Waals surface area contributed by atoms with Crippen LogP contribution in [0.15, 0.2) is 11.6 Å². The fourth-order valence-corrected chi connectivity index (χ4v) is 11.3. The Balaban J connectivity index is 1.01. The molecule has 3 aliphatic heterocycles. The zero-order valence-corrected chi connectivity index (χ0v) is 29.3. The van der Waals surface area contributed by atoms with Gasteiger partial charge >= 0.3 is 5.97 Å². The van der Waals surface area contributed by atoms with Crippen LogP contribution in [-0.4, -0.2) is 136 Å². The number of Topliss-reactive ketones (excluding diaryl/α,β-unsaturated/α-hetero) is 1. The highest BCUT2D eigenvalue weighted by Gasteiger charge is 2.73. The van der Waals surface area contributed by atoms with Gasteiger partial charge in [-0.1, -0.05) is 13.8 Å². The number of hydrogen-bond donors (Lipinski definition) is 6. The molecule has 2 saturated heterocycles. The molecule has 0 spiro atoms. The van der Waals surface area contributed by atoms with Crippen LogP contribution in [0.25, 0.3) is 0 Å².